The maximum Gasteiger partial charge on any atom is 0.345 e. The molecule has 0 saturated carbocycles. The molecular weight excluding hydrogens is 413 g/mol. The van der Waals surface area contributed by atoms with Gasteiger partial charge in [0.25, 0.3) is 0 Å². The van der Waals surface area contributed by atoms with Crippen LogP contribution in [0.5, 0.6) is 5.75 Å². The van der Waals surface area contributed by atoms with E-state index in [0.717, 1.165) is 0 Å². The van der Waals surface area contributed by atoms with Crippen LogP contribution in [0.15, 0.2) is 36.7 Å². The van der Waals surface area contributed by atoms with Gasteiger partial charge in [0.15, 0.2) is 5.82 Å². The van der Waals surface area contributed by atoms with Crippen LogP contribution in [0.4, 0.5) is 30.4 Å². The first-order chi connectivity index (χ1) is 14.0. The Bertz CT molecular complexity index is 1020. The molecule has 0 aliphatic carbocycles. The molecule has 0 unspecified atom stereocenters. The van der Waals surface area contributed by atoms with Crippen molar-refractivity contribution in [3.05, 3.63) is 47.5 Å². The van der Waals surface area contributed by atoms with Crippen molar-refractivity contribution in [2.75, 3.05) is 23.8 Å². The first-order valence-corrected chi connectivity index (χ1v) is 8.60. The molecular formula is C18H14ClF3N4O3. The number of amides is 1. The molecule has 0 saturated heterocycles. The zero-order valence-corrected chi connectivity index (χ0v) is 15.4. The van der Waals surface area contributed by atoms with Gasteiger partial charge in [-0.15, -0.1) is 0 Å². The third kappa shape index (κ3) is 5.04. The third-order valence-electron chi connectivity index (χ3n) is 3.74. The predicted molar refractivity (Wildman–Crippen MR) is 101 cm³/mol. The van der Waals surface area contributed by atoms with E-state index in [-0.39, 0.29) is 41.2 Å². The maximum absolute atomic E-state index is 14.2. The average molecular weight is 427 g/mol. The number of ether oxygens (including phenoxy) is 2. The Morgan fingerprint density at radius 3 is 2.76 bits per heavy atom. The fourth-order valence-corrected chi connectivity index (χ4v) is 2.67. The van der Waals surface area contributed by atoms with Crippen LogP contribution >= 0.6 is 11.6 Å². The summed E-state index contributed by atoms with van der Waals surface area (Å²) in [6.07, 6.45) is 1.68. The molecule has 1 aromatic heterocycles. The van der Waals surface area contributed by atoms with Gasteiger partial charge in [-0.2, -0.15) is 8.78 Å². The van der Waals surface area contributed by atoms with Gasteiger partial charge < -0.3 is 20.1 Å². The summed E-state index contributed by atoms with van der Waals surface area (Å²) in [5, 5.41) is 5.69. The molecule has 1 amide bonds. The fourth-order valence-electron chi connectivity index (χ4n) is 2.50. The molecule has 7 nitrogen and oxygen atoms in total. The molecule has 0 aliphatic rings. The summed E-state index contributed by atoms with van der Waals surface area (Å²) < 4.78 is 47.8. The molecule has 0 spiro atoms. The van der Waals surface area contributed by atoms with E-state index < -0.39 is 12.4 Å². The molecule has 3 aromatic rings. The van der Waals surface area contributed by atoms with Crippen molar-refractivity contribution in [1.29, 1.82) is 0 Å². The highest BCUT2D eigenvalue weighted by Gasteiger charge is 2.14. The molecule has 2 N–H and O–H groups in total. The van der Waals surface area contributed by atoms with Gasteiger partial charge in [0, 0.05) is 11.5 Å². The number of aromatic nitrogens is 2. The molecule has 11 heteroatoms. The highest BCUT2D eigenvalue weighted by Crippen LogP contribution is 2.34. The second kappa shape index (κ2) is 9.39. The standard InChI is InChI=1S/C18H14ClF3N4O3/c19-11-2-1-3-12(16(11)20)26-17-10-6-14(25-9-27)15(7-13(10)23-8-24-17)28-4-5-29-18(21)22/h1-3,6-9,18H,4-5H2,(H,25,27)(H,23,24,26). The second-order valence-electron chi connectivity index (χ2n) is 5.56. The number of nitrogens with zero attached hydrogens (tertiary/aromatic N) is 2. The number of fused-ring (bicyclic) bond motifs is 1. The molecule has 1 heterocycles. The summed E-state index contributed by atoms with van der Waals surface area (Å²) in [6, 6.07) is 7.47. The van der Waals surface area contributed by atoms with Crippen molar-refractivity contribution in [3.8, 4) is 5.75 Å². The van der Waals surface area contributed by atoms with Crippen molar-refractivity contribution < 1.29 is 27.4 Å². The molecule has 0 radical (unpaired) electrons. The Morgan fingerprint density at radius 2 is 2.00 bits per heavy atom. The zero-order chi connectivity index (χ0) is 20.8. The number of anilines is 3. The van der Waals surface area contributed by atoms with Gasteiger partial charge in [-0.05, 0) is 18.2 Å². The average Bonchev–Trinajstić information content (AvgIpc) is 2.69. The molecule has 152 valence electrons. The van der Waals surface area contributed by atoms with E-state index in [4.69, 9.17) is 16.3 Å². The Morgan fingerprint density at radius 1 is 1.17 bits per heavy atom. The topological polar surface area (TPSA) is 85.4 Å². The van der Waals surface area contributed by atoms with Crippen molar-refractivity contribution >= 4 is 46.1 Å². The van der Waals surface area contributed by atoms with Crippen molar-refractivity contribution in [3.63, 3.8) is 0 Å². The number of carbonyl (C=O) groups excluding carboxylic acids is 1. The lowest BCUT2D eigenvalue weighted by atomic mass is 10.2. The lowest BCUT2D eigenvalue weighted by molar-refractivity contribution is -0.133. The van der Waals surface area contributed by atoms with Gasteiger partial charge in [0.05, 0.1) is 28.5 Å². The van der Waals surface area contributed by atoms with Gasteiger partial charge >= 0.3 is 6.61 Å². The Hall–Kier alpha value is -3.11. The van der Waals surface area contributed by atoms with Crippen molar-refractivity contribution in [1.82, 2.24) is 9.97 Å². The van der Waals surface area contributed by atoms with E-state index in [1.54, 1.807) is 6.07 Å². The summed E-state index contributed by atoms with van der Waals surface area (Å²) in [6.45, 7) is -3.43. The van der Waals surface area contributed by atoms with E-state index in [1.165, 1.54) is 30.6 Å². The van der Waals surface area contributed by atoms with Crippen LogP contribution in [0.3, 0.4) is 0 Å². The summed E-state index contributed by atoms with van der Waals surface area (Å²) in [5.74, 6) is -0.190. The monoisotopic (exact) mass is 426 g/mol. The molecule has 29 heavy (non-hydrogen) atoms. The molecule has 3 rings (SSSR count). The Balaban J connectivity index is 1.93. The Labute approximate surface area is 167 Å². The summed E-state index contributed by atoms with van der Waals surface area (Å²) in [4.78, 5) is 19.2. The first-order valence-electron chi connectivity index (χ1n) is 8.22. The number of rotatable bonds is 9. The minimum atomic E-state index is -2.91. The summed E-state index contributed by atoms with van der Waals surface area (Å²) >= 11 is 5.80. The lowest BCUT2D eigenvalue weighted by Crippen LogP contribution is -2.11. The number of halogens is 4. The van der Waals surface area contributed by atoms with E-state index in [9.17, 15) is 18.0 Å². The lowest BCUT2D eigenvalue weighted by Gasteiger charge is -2.14. The summed E-state index contributed by atoms with van der Waals surface area (Å²) in [7, 11) is 0. The number of hydrogen-bond donors (Lipinski definition) is 2. The van der Waals surface area contributed by atoms with Crippen LogP contribution in [0.25, 0.3) is 10.9 Å². The van der Waals surface area contributed by atoms with Gasteiger partial charge in [-0.25, -0.2) is 14.4 Å². The smallest absolute Gasteiger partial charge is 0.345 e. The number of hydrogen-bond acceptors (Lipinski definition) is 6. The molecule has 0 atom stereocenters. The summed E-state index contributed by atoms with van der Waals surface area (Å²) in [5.41, 5.74) is 0.756. The van der Waals surface area contributed by atoms with Crippen LogP contribution < -0.4 is 15.4 Å². The zero-order valence-electron chi connectivity index (χ0n) is 14.7. The number of benzene rings is 2. The van der Waals surface area contributed by atoms with E-state index in [1.807, 2.05) is 0 Å². The van der Waals surface area contributed by atoms with E-state index in [0.29, 0.717) is 17.3 Å². The van der Waals surface area contributed by atoms with Gasteiger partial charge in [0.1, 0.15) is 24.5 Å². The van der Waals surface area contributed by atoms with Crippen LogP contribution in [-0.4, -0.2) is 36.2 Å². The van der Waals surface area contributed by atoms with Crippen molar-refractivity contribution in [2.45, 2.75) is 6.61 Å². The highest BCUT2D eigenvalue weighted by atomic mass is 35.5. The largest absolute Gasteiger partial charge is 0.489 e. The molecule has 0 fully saturated rings. The van der Waals surface area contributed by atoms with Crippen LogP contribution in [0.2, 0.25) is 5.02 Å². The van der Waals surface area contributed by atoms with Crippen LogP contribution in [0, 0.1) is 5.82 Å². The second-order valence-corrected chi connectivity index (χ2v) is 5.96. The molecule has 2 aromatic carbocycles. The predicted octanol–water partition coefficient (Wildman–Crippen LogP) is 4.35. The first kappa shape index (κ1) is 20.6. The molecule has 0 aliphatic heterocycles. The Kier molecular flexibility index (Phi) is 6.68. The van der Waals surface area contributed by atoms with Crippen molar-refractivity contribution in [2.24, 2.45) is 0 Å². The van der Waals surface area contributed by atoms with Gasteiger partial charge in [0.2, 0.25) is 6.41 Å². The number of carbonyl (C=O) groups is 1. The normalized spacial score (nSPS) is 10.9. The van der Waals surface area contributed by atoms with E-state index in [2.05, 4.69) is 25.3 Å². The van der Waals surface area contributed by atoms with Crippen LogP contribution in [0.1, 0.15) is 0 Å². The third-order valence-corrected chi connectivity index (χ3v) is 4.03. The maximum atomic E-state index is 14.2. The minimum absolute atomic E-state index is 0.0571. The fraction of sp³-hybridized carbons (Fsp3) is 0.167. The molecule has 0 bridgehead atoms. The number of alkyl halides is 2. The SMILES string of the molecule is O=CNc1cc2c(Nc3cccc(Cl)c3F)ncnc2cc1OCCOC(F)F. The number of nitrogens with one attached hydrogen (secondary N) is 2. The quantitative estimate of drug-likeness (QED) is 0.391. The van der Waals surface area contributed by atoms with Crippen LogP contribution in [-0.2, 0) is 9.53 Å². The van der Waals surface area contributed by atoms with E-state index >= 15 is 0 Å². The minimum Gasteiger partial charge on any atom is -0.489 e. The van der Waals surface area contributed by atoms with Gasteiger partial charge in [-0.3, -0.25) is 4.79 Å². The van der Waals surface area contributed by atoms with Gasteiger partial charge in [-0.1, -0.05) is 17.7 Å². The highest BCUT2D eigenvalue weighted by molar-refractivity contribution is 6.31.